The van der Waals surface area contributed by atoms with E-state index in [-0.39, 0.29) is 0 Å². The van der Waals surface area contributed by atoms with Crippen molar-refractivity contribution in [1.29, 1.82) is 0 Å². The van der Waals surface area contributed by atoms with Gasteiger partial charge in [0.25, 0.3) is 0 Å². The van der Waals surface area contributed by atoms with Gasteiger partial charge < -0.3 is 0 Å². The van der Waals surface area contributed by atoms with Crippen LogP contribution < -0.4 is 0 Å². The maximum atomic E-state index is 6.13. The first-order chi connectivity index (χ1) is 7.54. The van der Waals surface area contributed by atoms with E-state index < -0.39 is 0 Å². The molecule has 0 saturated heterocycles. The Labute approximate surface area is 108 Å². The van der Waals surface area contributed by atoms with Crippen molar-refractivity contribution in [2.75, 3.05) is 6.54 Å². The van der Waals surface area contributed by atoms with Gasteiger partial charge in [-0.2, -0.15) is 0 Å². The molecule has 1 aromatic rings. The van der Waals surface area contributed by atoms with Crippen molar-refractivity contribution >= 4 is 23.2 Å². The summed E-state index contributed by atoms with van der Waals surface area (Å²) in [5.74, 6) is 0. The summed E-state index contributed by atoms with van der Waals surface area (Å²) in [4.78, 5) is 6.44. The molecule has 1 heterocycles. The zero-order chi connectivity index (χ0) is 12.1. The number of rotatable bonds is 5. The molecule has 0 aliphatic rings. The smallest absolute Gasteiger partial charge is 0.130 e. The fourth-order valence-corrected chi connectivity index (χ4v) is 2.00. The second kappa shape index (κ2) is 6.43. The largest absolute Gasteiger partial charge is 0.297 e. The summed E-state index contributed by atoms with van der Waals surface area (Å²) in [6.07, 6.45) is 2.90. The van der Waals surface area contributed by atoms with Gasteiger partial charge in [0.1, 0.15) is 5.15 Å². The van der Waals surface area contributed by atoms with Gasteiger partial charge in [-0.1, -0.05) is 30.1 Å². The summed E-state index contributed by atoms with van der Waals surface area (Å²) >= 11 is 11.9. The van der Waals surface area contributed by atoms with Crippen LogP contribution in [0.2, 0.25) is 10.2 Å². The van der Waals surface area contributed by atoms with Gasteiger partial charge in [0.05, 0.1) is 0 Å². The summed E-state index contributed by atoms with van der Waals surface area (Å²) < 4.78 is 0. The average molecular weight is 261 g/mol. The van der Waals surface area contributed by atoms with E-state index in [9.17, 15) is 0 Å². The van der Waals surface area contributed by atoms with Gasteiger partial charge in [0, 0.05) is 29.4 Å². The minimum absolute atomic E-state index is 0.445. The van der Waals surface area contributed by atoms with Crippen LogP contribution in [0, 0.1) is 0 Å². The predicted molar refractivity (Wildman–Crippen MR) is 70.1 cm³/mol. The van der Waals surface area contributed by atoms with Crippen molar-refractivity contribution in [2.24, 2.45) is 0 Å². The van der Waals surface area contributed by atoms with Crippen LogP contribution in [0.3, 0.4) is 0 Å². The minimum atomic E-state index is 0.445. The second-order valence-electron chi connectivity index (χ2n) is 4.16. The normalized spacial score (nSPS) is 11.4. The number of nitrogens with zero attached hydrogens (tertiary/aromatic N) is 2. The first kappa shape index (κ1) is 13.8. The Hall–Kier alpha value is -0.310. The minimum Gasteiger partial charge on any atom is -0.297 e. The van der Waals surface area contributed by atoms with E-state index >= 15 is 0 Å². The molecule has 2 nitrogen and oxygen atoms in total. The van der Waals surface area contributed by atoms with Crippen molar-refractivity contribution in [1.82, 2.24) is 9.88 Å². The van der Waals surface area contributed by atoms with Gasteiger partial charge >= 0.3 is 0 Å². The van der Waals surface area contributed by atoms with Crippen LogP contribution in [-0.4, -0.2) is 22.5 Å². The Morgan fingerprint density at radius 2 is 2.06 bits per heavy atom. The Morgan fingerprint density at radius 3 is 2.56 bits per heavy atom. The summed E-state index contributed by atoms with van der Waals surface area (Å²) in [6.45, 7) is 8.45. The Kier molecular flexibility index (Phi) is 5.53. The molecule has 90 valence electrons. The Bertz CT molecular complexity index is 340. The lowest BCUT2D eigenvalue weighted by Gasteiger charge is -2.26. The zero-order valence-corrected chi connectivity index (χ0v) is 11.5. The highest BCUT2D eigenvalue weighted by Crippen LogP contribution is 2.20. The van der Waals surface area contributed by atoms with E-state index in [1.165, 1.54) is 0 Å². The summed E-state index contributed by atoms with van der Waals surface area (Å²) in [5.41, 5.74) is 1.04. The van der Waals surface area contributed by atoms with E-state index in [4.69, 9.17) is 23.2 Å². The van der Waals surface area contributed by atoms with Gasteiger partial charge in [-0.15, -0.1) is 0 Å². The molecule has 1 aromatic heterocycles. The van der Waals surface area contributed by atoms with Crippen molar-refractivity contribution in [2.45, 2.75) is 39.8 Å². The van der Waals surface area contributed by atoms with Crippen molar-refractivity contribution in [3.8, 4) is 0 Å². The molecule has 1 rings (SSSR count). The molecule has 0 spiro atoms. The zero-order valence-electron chi connectivity index (χ0n) is 10.0. The van der Waals surface area contributed by atoms with E-state index in [1.54, 1.807) is 12.3 Å². The van der Waals surface area contributed by atoms with Crippen LogP contribution in [0.4, 0.5) is 0 Å². The topological polar surface area (TPSA) is 16.1 Å². The molecule has 0 aliphatic carbocycles. The molecule has 0 saturated carbocycles. The van der Waals surface area contributed by atoms with E-state index in [0.29, 0.717) is 16.2 Å². The molecule has 0 fully saturated rings. The molecule has 16 heavy (non-hydrogen) atoms. The molecule has 0 amide bonds. The molecule has 0 N–H and O–H groups in total. The van der Waals surface area contributed by atoms with Crippen LogP contribution in [0.5, 0.6) is 0 Å². The van der Waals surface area contributed by atoms with Crippen molar-refractivity contribution < 1.29 is 0 Å². The lowest BCUT2D eigenvalue weighted by Crippen LogP contribution is -2.31. The van der Waals surface area contributed by atoms with Crippen molar-refractivity contribution in [3.63, 3.8) is 0 Å². The molecule has 0 atom stereocenters. The highest BCUT2D eigenvalue weighted by molar-refractivity contribution is 6.34. The molecule has 0 aliphatic heterocycles. The summed E-state index contributed by atoms with van der Waals surface area (Å²) in [6, 6.07) is 2.20. The molecule has 0 aromatic carbocycles. The van der Waals surface area contributed by atoms with Gasteiger partial charge in [0.2, 0.25) is 0 Å². The van der Waals surface area contributed by atoms with Crippen LogP contribution >= 0.6 is 23.2 Å². The summed E-state index contributed by atoms with van der Waals surface area (Å²) in [7, 11) is 0. The molecule has 0 bridgehead atoms. The quantitative estimate of drug-likeness (QED) is 0.744. The van der Waals surface area contributed by atoms with Crippen LogP contribution in [-0.2, 0) is 6.54 Å². The number of halogens is 2. The van der Waals surface area contributed by atoms with Crippen LogP contribution in [0.1, 0.15) is 32.8 Å². The van der Waals surface area contributed by atoms with E-state index in [0.717, 1.165) is 25.1 Å². The monoisotopic (exact) mass is 260 g/mol. The number of hydrogen-bond acceptors (Lipinski definition) is 2. The molecule has 4 heteroatoms. The van der Waals surface area contributed by atoms with Crippen LogP contribution in [0.15, 0.2) is 12.3 Å². The van der Waals surface area contributed by atoms with Crippen molar-refractivity contribution in [3.05, 3.63) is 28.0 Å². The third-order valence-electron chi connectivity index (χ3n) is 2.51. The molecular formula is C12H18Cl2N2. The number of aromatic nitrogens is 1. The summed E-state index contributed by atoms with van der Waals surface area (Å²) in [5, 5.41) is 1.14. The fraction of sp³-hybridized carbons (Fsp3) is 0.583. The third kappa shape index (κ3) is 3.93. The Balaban J connectivity index is 2.77. The first-order valence-electron chi connectivity index (χ1n) is 5.58. The lowest BCUT2D eigenvalue weighted by molar-refractivity contribution is 0.213. The number of pyridine rings is 1. The van der Waals surface area contributed by atoms with Crippen LogP contribution in [0.25, 0.3) is 0 Å². The maximum Gasteiger partial charge on any atom is 0.130 e. The SMILES string of the molecule is CCCN(Cc1cnc(Cl)cc1Cl)C(C)C. The van der Waals surface area contributed by atoms with Gasteiger partial charge in [-0.3, -0.25) is 4.90 Å². The lowest BCUT2D eigenvalue weighted by atomic mass is 10.2. The first-order valence-corrected chi connectivity index (χ1v) is 6.34. The average Bonchev–Trinajstić information content (AvgIpc) is 2.20. The highest BCUT2D eigenvalue weighted by atomic mass is 35.5. The number of hydrogen-bond donors (Lipinski definition) is 0. The van der Waals surface area contributed by atoms with E-state index in [2.05, 4.69) is 30.7 Å². The highest BCUT2D eigenvalue weighted by Gasteiger charge is 2.11. The Morgan fingerprint density at radius 1 is 1.38 bits per heavy atom. The second-order valence-corrected chi connectivity index (χ2v) is 4.96. The van der Waals surface area contributed by atoms with Gasteiger partial charge in [-0.25, -0.2) is 4.98 Å². The predicted octanol–water partition coefficient (Wildman–Crippen LogP) is 4.01. The third-order valence-corrected chi connectivity index (χ3v) is 3.07. The van der Waals surface area contributed by atoms with Gasteiger partial charge in [0.15, 0.2) is 0 Å². The molecular weight excluding hydrogens is 243 g/mol. The van der Waals surface area contributed by atoms with E-state index in [1.807, 2.05) is 0 Å². The maximum absolute atomic E-state index is 6.13. The fourth-order valence-electron chi connectivity index (χ4n) is 1.58. The standard InChI is InChI=1S/C12H18Cl2N2/c1-4-5-16(9(2)3)8-10-7-15-12(14)6-11(10)13/h6-7,9H,4-5,8H2,1-3H3. The molecule has 0 radical (unpaired) electrons. The molecule has 0 unspecified atom stereocenters. The van der Waals surface area contributed by atoms with Gasteiger partial charge in [-0.05, 0) is 32.9 Å².